The molecule has 8 saturated heterocycles. The summed E-state index contributed by atoms with van der Waals surface area (Å²) in [6, 6.07) is 83.3. The summed E-state index contributed by atoms with van der Waals surface area (Å²) in [6.07, 6.45) is 1.70. The molecule has 145 heavy (non-hydrogen) atoms. The minimum Gasteiger partial charge on any atom is -0.491 e. The van der Waals surface area contributed by atoms with Crippen molar-refractivity contribution in [2.75, 3.05) is 185 Å². The average Bonchev–Trinajstić information content (AvgIpc) is 1.58. The van der Waals surface area contributed by atoms with E-state index in [0.29, 0.717) is 132 Å². The van der Waals surface area contributed by atoms with E-state index < -0.39 is 0 Å². The maximum Gasteiger partial charge on any atom is 0.155 e. The van der Waals surface area contributed by atoms with Crippen molar-refractivity contribution in [1.29, 1.82) is 0 Å². The minimum atomic E-state index is -0.234. The van der Waals surface area contributed by atoms with E-state index in [-0.39, 0.29) is 101 Å². The van der Waals surface area contributed by atoms with Gasteiger partial charge in [0.2, 0.25) is 0 Å². The predicted molar refractivity (Wildman–Crippen MR) is 553 cm³/mol. The zero-order valence-electron chi connectivity index (χ0n) is 86.9. The first-order chi connectivity index (χ1) is 70.2. The first-order valence-corrected chi connectivity index (χ1v) is 51.3. The Balaban J connectivity index is 0.000000149. The van der Waals surface area contributed by atoms with E-state index in [1.165, 1.54) is 55.6 Å². The topological polar surface area (TPSA) is 266 Å². The van der Waals surface area contributed by atoms with Crippen LogP contribution in [-0.4, -0.2) is 259 Å². The zero-order valence-corrected chi connectivity index (χ0v) is 86.9. The Morgan fingerprint density at radius 1 is 0.186 bits per heavy atom. The summed E-state index contributed by atoms with van der Waals surface area (Å²) in [5.74, 6) is 8.50. The lowest BCUT2D eigenvalue weighted by atomic mass is 9.78. The monoisotopic (exact) mass is 2000 g/mol. The molecule has 8 fully saturated rings. The number of benzene rings is 10. The molecular weight excluding hydrogens is 1850 g/mol. The van der Waals surface area contributed by atoms with Crippen molar-refractivity contribution < 1.29 is 123 Å². The number of hydrogen-bond donors (Lipinski definition) is 0. The van der Waals surface area contributed by atoms with Crippen molar-refractivity contribution >= 4 is 0 Å². The van der Waals surface area contributed by atoms with Crippen LogP contribution in [-0.2, 0) is 103 Å². The van der Waals surface area contributed by atoms with Gasteiger partial charge in [-0.25, -0.2) is 0 Å². The molecule has 26 heteroatoms. The summed E-state index contributed by atoms with van der Waals surface area (Å²) in [4.78, 5) is 0. The molecule has 12 atom stereocenters. The molecular formula is C119H150O26. The number of rotatable bonds is 61. The molecule has 782 valence electrons. The van der Waals surface area contributed by atoms with Gasteiger partial charge in [0.1, 0.15) is 172 Å². The maximum atomic E-state index is 5.98. The van der Waals surface area contributed by atoms with Gasteiger partial charge in [-0.1, -0.05) is 191 Å². The summed E-state index contributed by atoms with van der Waals surface area (Å²) < 4.78 is 144. The quantitative estimate of drug-likeness (QED) is 0.0195. The molecule has 0 spiro atoms. The third-order valence-electron chi connectivity index (χ3n) is 26.6. The Labute approximate surface area is 856 Å². The van der Waals surface area contributed by atoms with Gasteiger partial charge in [-0.15, -0.1) is 0 Å². The number of ether oxygens (including phenoxy) is 26. The van der Waals surface area contributed by atoms with Gasteiger partial charge in [0.15, 0.2) is 12.6 Å². The third kappa shape index (κ3) is 36.8. The molecule has 0 N–H and O–H groups in total. The fraction of sp³-hybridized carbons (Fsp3) is 0.496. The first-order valence-electron chi connectivity index (χ1n) is 51.3. The molecule has 0 bridgehead atoms. The van der Waals surface area contributed by atoms with E-state index in [9.17, 15) is 0 Å². The van der Waals surface area contributed by atoms with Crippen LogP contribution in [0.15, 0.2) is 243 Å². The fourth-order valence-electron chi connectivity index (χ4n) is 15.7. The smallest absolute Gasteiger partial charge is 0.155 e. The highest BCUT2D eigenvalue weighted by Crippen LogP contribution is 2.41. The second-order valence-electron chi connectivity index (χ2n) is 40.3. The highest BCUT2D eigenvalue weighted by molar-refractivity contribution is 5.48. The van der Waals surface area contributed by atoms with Crippen LogP contribution in [0.4, 0.5) is 0 Å². The summed E-state index contributed by atoms with van der Waals surface area (Å²) >= 11 is 0. The van der Waals surface area contributed by atoms with Gasteiger partial charge >= 0.3 is 0 Å². The van der Waals surface area contributed by atoms with Crippen LogP contribution in [0.2, 0.25) is 0 Å². The summed E-state index contributed by atoms with van der Waals surface area (Å²) in [7, 11) is 0. The van der Waals surface area contributed by atoms with Crippen LogP contribution in [0.25, 0.3) is 0 Å². The van der Waals surface area contributed by atoms with Gasteiger partial charge in [-0.3, -0.25) is 0 Å². The molecule has 0 amide bonds. The molecule has 0 radical (unpaired) electrons. The van der Waals surface area contributed by atoms with Crippen LogP contribution in [0.3, 0.4) is 0 Å². The Morgan fingerprint density at radius 2 is 0.338 bits per heavy atom. The average molecular weight is 2000 g/mol. The van der Waals surface area contributed by atoms with Crippen molar-refractivity contribution in [3.8, 4) is 57.5 Å². The van der Waals surface area contributed by atoms with E-state index >= 15 is 0 Å². The van der Waals surface area contributed by atoms with Gasteiger partial charge in [0, 0.05) is 27.1 Å². The van der Waals surface area contributed by atoms with Crippen LogP contribution in [0.5, 0.6) is 57.5 Å². The lowest BCUT2D eigenvalue weighted by molar-refractivity contribution is -0.146. The van der Waals surface area contributed by atoms with Crippen LogP contribution < -0.4 is 47.4 Å². The molecule has 0 saturated carbocycles. The van der Waals surface area contributed by atoms with Gasteiger partial charge in [-0.05, 0) is 205 Å². The van der Waals surface area contributed by atoms with Gasteiger partial charge < -0.3 is 123 Å². The van der Waals surface area contributed by atoms with E-state index in [4.69, 9.17) is 123 Å². The SMILES string of the molecule is CC(C)(c1ccc(OCCOc2ccc(C(C)(C)c3ccc(OCC4CO4)cc3)cc2)cc1)c1ccc(OCC2CO2)cc1.CC(C)(c1ccc(OCCOc2ccc(C(C)(C)c3ccc(OCC4CO4)cc3)cc2)cc1)c1ccc(OCC2CO2)cc1.CC(COc1ccc(C(C)(C)c2ccc(OCC(C)OCC3CO3)cc2)cc1)OCC1CO1.CC(OCCOCCOCCOC(C)OCC1CO1)OCC1CO1. The summed E-state index contributed by atoms with van der Waals surface area (Å²) in [6.45, 7) is 47.4. The molecule has 8 aliphatic heterocycles. The molecule has 8 heterocycles. The first kappa shape index (κ1) is 109. The van der Waals surface area contributed by atoms with E-state index in [0.717, 1.165) is 110 Å². The van der Waals surface area contributed by atoms with Crippen molar-refractivity contribution in [1.82, 2.24) is 0 Å². The normalized spacial score (nSPS) is 19.6. The Kier molecular flexibility index (Phi) is 40.1. The molecule has 10 aromatic rings. The predicted octanol–water partition coefficient (Wildman–Crippen LogP) is 19.7. The van der Waals surface area contributed by atoms with Crippen LogP contribution in [0.1, 0.15) is 153 Å². The molecule has 8 aliphatic rings. The summed E-state index contributed by atoms with van der Waals surface area (Å²) in [5, 5.41) is 0. The van der Waals surface area contributed by atoms with Crippen LogP contribution >= 0.6 is 0 Å². The number of epoxide rings is 8. The molecule has 0 aromatic heterocycles. The van der Waals surface area contributed by atoms with E-state index in [2.05, 4.69) is 191 Å². The minimum absolute atomic E-state index is 0.0350. The number of hydrogen-bond acceptors (Lipinski definition) is 26. The molecule has 12 unspecified atom stereocenters. The molecule has 10 aromatic carbocycles. The highest BCUT2D eigenvalue weighted by Gasteiger charge is 2.34. The van der Waals surface area contributed by atoms with Crippen molar-refractivity contribution in [2.45, 2.75) is 198 Å². The van der Waals surface area contributed by atoms with Crippen molar-refractivity contribution in [3.63, 3.8) is 0 Å². The van der Waals surface area contributed by atoms with E-state index in [1.807, 2.05) is 149 Å². The largest absolute Gasteiger partial charge is 0.491 e. The van der Waals surface area contributed by atoms with Crippen LogP contribution in [0, 0.1) is 0 Å². The maximum absolute atomic E-state index is 5.98. The lowest BCUT2D eigenvalue weighted by Gasteiger charge is -2.26. The zero-order chi connectivity index (χ0) is 101. The summed E-state index contributed by atoms with van der Waals surface area (Å²) in [5.41, 5.74) is 11.5. The Bertz CT molecular complexity index is 4810. The van der Waals surface area contributed by atoms with Gasteiger partial charge in [-0.2, -0.15) is 0 Å². The molecule has 18 rings (SSSR count). The van der Waals surface area contributed by atoms with Crippen molar-refractivity contribution in [2.24, 2.45) is 0 Å². The van der Waals surface area contributed by atoms with Gasteiger partial charge in [0.05, 0.1) is 131 Å². The molecule has 0 aliphatic carbocycles. The highest BCUT2D eigenvalue weighted by atomic mass is 16.7. The van der Waals surface area contributed by atoms with Gasteiger partial charge in [0.25, 0.3) is 0 Å². The third-order valence-corrected chi connectivity index (χ3v) is 26.6. The second kappa shape index (κ2) is 53.4. The standard InChI is InChI=1S/2C38H42O6.C27H36O6.C16H30O8/c2*1-37(2,29-9-17-33(18-10-29)41-23-35-25-43-35)27-5-13-31(14-6-27)39-21-22-40-32-15-7-28(8-16-32)38(3,4)30-11-19-34(20-12-30)42-24-36-26-44-36;1-19(28-15-25-17-32-25)13-30-23-9-5-21(6-10-23)27(3,4)22-7-11-24(12-8-22)31-14-20(2)29-16-26-18-33-26;1-13(21-9-15-11-23-15)19-7-5-17-3-4-18-6-8-20-14(2)22-10-16-12-24-16/h2*5-20,35-36H,21-26H2,1-4H3;5-12,19-20,25-26H,13-18H2,1-4H3;13-16H,3-12H2,1-2H3. The second-order valence-corrected chi connectivity index (χ2v) is 40.3. The fourth-order valence-corrected chi connectivity index (χ4v) is 15.7. The Morgan fingerprint density at radius 3 is 0.517 bits per heavy atom. The Hall–Kier alpha value is -10.4. The van der Waals surface area contributed by atoms with E-state index in [1.54, 1.807) is 0 Å². The lowest BCUT2D eigenvalue weighted by Crippen LogP contribution is -2.21. The van der Waals surface area contributed by atoms with Crippen molar-refractivity contribution in [3.05, 3.63) is 298 Å². The molecule has 26 nitrogen and oxygen atoms in total.